The Hall–Kier alpha value is -1.58. The Morgan fingerprint density at radius 3 is 2.94 bits per heavy atom. The van der Waals surface area contributed by atoms with Gasteiger partial charge in [0.05, 0.1) is 12.3 Å². The molecule has 0 saturated carbocycles. The lowest BCUT2D eigenvalue weighted by molar-refractivity contribution is 0.0492. The average molecular weight is 222 g/mol. The van der Waals surface area contributed by atoms with E-state index in [4.69, 9.17) is 10.5 Å². The lowest BCUT2D eigenvalue weighted by atomic mass is 10.2. The van der Waals surface area contributed by atoms with Crippen molar-refractivity contribution in [2.75, 3.05) is 12.3 Å². The van der Waals surface area contributed by atoms with Crippen molar-refractivity contribution in [3.63, 3.8) is 0 Å². The third-order valence-corrected chi connectivity index (χ3v) is 2.26. The molecule has 0 amide bonds. The Kier molecular flexibility index (Phi) is 5.32. The van der Waals surface area contributed by atoms with E-state index in [-0.39, 0.29) is 5.69 Å². The molecule has 4 heteroatoms. The summed E-state index contributed by atoms with van der Waals surface area (Å²) in [5, 5.41) is 0. The fourth-order valence-electron chi connectivity index (χ4n) is 1.35. The van der Waals surface area contributed by atoms with Crippen LogP contribution < -0.4 is 5.73 Å². The number of esters is 1. The van der Waals surface area contributed by atoms with E-state index in [1.165, 1.54) is 19.0 Å². The van der Waals surface area contributed by atoms with E-state index in [9.17, 15) is 4.79 Å². The molecule has 4 nitrogen and oxygen atoms in total. The number of rotatable bonds is 6. The molecule has 2 N–H and O–H groups in total. The molecular formula is C12H18N2O2. The predicted octanol–water partition coefficient (Wildman–Crippen LogP) is 2.40. The Morgan fingerprint density at radius 2 is 2.25 bits per heavy atom. The first-order valence-electron chi connectivity index (χ1n) is 5.63. The van der Waals surface area contributed by atoms with Gasteiger partial charge in [-0.05, 0) is 18.6 Å². The summed E-state index contributed by atoms with van der Waals surface area (Å²) < 4.78 is 5.07. The van der Waals surface area contributed by atoms with Crippen LogP contribution in [0, 0.1) is 0 Å². The van der Waals surface area contributed by atoms with Crippen molar-refractivity contribution < 1.29 is 9.53 Å². The van der Waals surface area contributed by atoms with Crippen LogP contribution in [0.1, 0.15) is 43.1 Å². The second-order valence-electron chi connectivity index (χ2n) is 3.64. The third-order valence-electron chi connectivity index (χ3n) is 2.26. The van der Waals surface area contributed by atoms with Crippen LogP contribution in [0.3, 0.4) is 0 Å². The predicted molar refractivity (Wildman–Crippen MR) is 63.1 cm³/mol. The number of ether oxygens (including phenoxy) is 1. The molecule has 16 heavy (non-hydrogen) atoms. The molecule has 0 spiro atoms. The number of nitrogens with zero attached hydrogens (tertiary/aromatic N) is 1. The van der Waals surface area contributed by atoms with Gasteiger partial charge in [-0.3, -0.25) is 0 Å². The van der Waals surface area contributed by atoms with E-state index in [0.29, 0.717) is 12.3 Å². The number of carbonyl (C=O) groups excluding carboxylic acids is 1. The quantitative estimate of drug-likeness (QED) is 0.593. The third kappa shape index (κ3) is 3.88. The Balaban J connectivity index is 2.33. The summed E-state index contributed by atoms with van der Waals surface area (Å²) in [6.07, 6.45) is 5.85. The maximum absolute atomic E-state index is 11.5. The van der Waals surface area contributed by atoms with E-state index in [2.05, 4.69) is 11.9 Å². The van der Waals surface area contributed by atoms with Gasteiger partial charge in [-0.25, -0.2) is 9.78 Å². The van der Waals surface area contributed by atoms with Crippen LogP contribution in [0.5, 0.6) is 0 Å². The number of unbranched alkanes of at least 4 members (excludes halogenated alkanes) is 3. The Morgan fingerprint density at radius 1 is 1.44 bits per heavy atom. The van der Waals surface area contributed by atoms with Crippen LogP contribution in [0.25, 0.3) is 0 Å². The standard InChI is InChI=1S/C12H18N2O2/c1-2-3-4-5-9-16-12(15)11-10(13)7-6-8-14-11/h6-8H,2-5,9,13H2,1H3. The normalized spacial score (nSPS) is 10.1. The molecule has 0 aliphatic rings. The van der Waals surface area contributed by atoms with Crippen LogP contribution in [-0.4, -0.2) is 17.6 Å². The summed E-state index contributed by atoms with van der Waals surface area (Å²) >= 11 is 0. The minimum absolute atomic E-state index is 0.206. The molecule has 0 aliphatic carbocycles. The summed E-state index contributed by atoms with van der Waals surface area (Å²) in [4.78, 5) is 15.4. The molecule has 0 saturated heterocycles. The van der Waals surface area contributed by atoms with Gasteiger partial charge in [0.1, 0.15) is 0 Å². The second-order valence-corrected chi connectivity index (χ2v) is 3.64. The zero-order valence-electron chi connectivity index (χ0n) is 9.61. The molecule has 0 atom stereocenters. The van der Waals surface area contributed by atoms with E-state index < -0.39 is 5.97 Å². The molecule has 0 aliphatic heterocycles. The van der Waals surface area contributed by atoms with Crippen molar-refractivity contribution in [2.24, 2.45) is 0 Å². The maximum atomic E-state index is 11.5. The average Bonchev–Trinajstić information content (AvgIpc) is 2.29. The van der Waals surface area contributed by atoms with E-state index in [0.717, 1.165) is 12.8 Å². The zero-order valence-corrected chi connectivity index (χ0v) is 9.61. The van der Waals surface area contributed by atoms with Crippen LogP contribution in [-0.2, 0) is 4.74 Å². The largest absolute Gasteiger partial charge is 0.461 e. The number of hydrogen-bond donors (Lipinski definition) is 1. The molecule has 0 bridgehead atoms. The first-order valence-corrected chi connectivity index (χ1v) is 5.63. The second kappa shape index (κ2) is 6.82. The van der Waals surface area contributed by atoms with Crippen LogP contribution in [0.15, 0.2) is 18.3 Å². The molecule has 1 aromatic heterocycles. The van der Waals surface area contributed by atoms with E-state index in [1.807, 2.05) is 0 Å². The van der Waals surface area contributed by atoms with Crippen molar-refractivity contribution in [3.05, 3.63) is 24.0 Å². The molecule has 1 aromatic rings. The van der Waals surface area contributed by atoms with Crippen LogP contribution in [0.2, 0.25) is 0 Å². The van der Waals surface area contributed by atoms with Gasteiger partial charge < -0.3 is 10.5 Å². The van der Waals surface area contributed by atoms with Gasteiger partial charge in [-0.1, -0.05) is 26.2 Å². The van der Waals surface area contributed by atoms with E-state index >= 15 is 0 Å². The van der Waals surface area contributed by atoms with Crippen molar-refractivity contribution in [3.8, 4) is 0 Å². The topological polar surface area (TPSA) is 65.2 Å². The number of hydrogen-bond acceptors (Lipinski definition) is 4. The monoisotopic (exact) mass is 222 g/mol. The van der Waals surface area contributed by atoms with E-state index in [1.54, 1.807) is 12.1 Å². The van der Waals surface area contributed by atoms with Gasteiger partial charge in [0.25, 0.3) is 0 Å². The number of nitrogens with two attached hydrogens (primary N) is 1. The van der Waals surface area contributed by atoms with Gasteiger partial charge in [-0.15, -0.1) is 0 Å². The molecule has 0 unspecified atom stereocenters. The van der Waals surface area contributed by atoms with Crippen molar-refractivity contribution in [1.82, 2.24) is 4.98 Å². The smallest absolute Gasteiger partial charge is 0.359 e. The van der Waals surface area contributed by atoms with Gasteiger partial charge in [-0.2, -0.15) is 0 Å². The molecular weight excluding hydrogens is 204 g/mol. The highest BCUT2D eigenvalue weighted by atomic mass is 16.5. The Bertz CT molecular complexity index is 340. The zero-order chi connectivity index (χ0) is 11.8. The summed E-state index contributed by atoms with van der Waals surface area (Å²) in [7, 11) is 0. The molecule has 0 fully saturated rings. The fraction of sp³-hybridized carbons (Fsp3) is 0.500. The van der Waals surface area contributed by atoms with Crippen LogP contribution >= 0.6 is 0 Å². The molecule has 1 rings (SSSR count). The first kappa shape index (κ1) is 12.5. The summed E-state index contributed by atoms with van der Waals surface area (Å²) in [5.41, 5.74) is 6.18. The fourth-order valence-corrected chi connectivity index (χ4v) is 1.35. The number of carbonyl (C=O) groups is 1. The van der Waals surface area contributed by atoms with Gasteiger partial charge in [0.15, 0.2) is 5.69 Å². The lowest BCUT2D eigenvalue weighted by Gasteiger charge is -2.05. The first-order chi connectivity index (χ1) is 7.75. The molecule has 88 valence electrons. The van der Waals surface area contributed by atoms with Crippen LogP contribution in [0.4, 0.5) is 5.69 Å². The highest BCUT2D eigenvalue weighted by molar-refractivity contribution is 5.92. The highest BCUT2D eigenvalue weighted by Gasteiger charge is 2.11. The summed E-state index contributed by atoms with van der Waals surface area (Å²) in [6.45, 7) is 2.58. The molecule has 1 heterocycles. The van der Waals surface area contributed by atoms with Gasteiger partial charge in [0.2, 0.25) is 0 Å². The molecule has 0 aromatic carbocycles. The van der Waals surface area contributed by atoms with Crippen molar-refractivity contribution in [1.29, 1.82) is 0 Å². The highest BCUT2D eigenvalue weighted by Crippen LogP contribution is 2.09. The SMILES string of the molecule is CCCCCCOC(=O)c1ncccc1N. The Labute approximate surface area is 95.8 Å². The van der Waals surface area contributed by atoms with Gasteiger partial charge in [0, 0.05) is 6.20 Å². The maximum Gasteiger partial charge on any atom is 0.359 e. The molecule has 0 radical (unpaired) electrons. The number of anilines is 1. The van der Waals surface area contributed by atoms with Gasteiger partial charge >= 0.3 is 5.97 Å². The number of pyridine rings is 1. The lowest BCUT2D eigenvalue weighted by Crippen LogP contribution is -2.11. The van der Waals surface area contributed by atoms with Crippen molar-refractivity contribution >= 4 is 11.7 Å². The summed E-state index contributed by atoms with van der Waals surface area (Å²) in [6, 6.07) is 3.33. The van der Waals surface area contributed by atoms with Crippen molar-refractivity contribution in [2.45, 2.75) is 32.6 Å². The number of aromatic nitrogens is 1. The number of nitrogen functional groups attached to an aromatic ring is 1. The minimum Gasteiger partial charge on any atom is -0.461 e. The minimum atomic E-state index is -0.436. The summed E-state index contributed by atoms with van der Waals surface area (Å²) in [5.74, 6) is -0.436.